The fourth-order valence-corrected chi connectivity index (χ4v) is 4.02. The Bertz CT molecular complexity index is 932. The minimum Gasteiger partial charge on any atom is -0.457 e. The van der Waals surface area contributed by atoms with Gasteiger partial charge in [-0.2, -0.15) is 4.31 Å². The van der Waals surface area contributed by atoms with Crippen molar-refractivity contribution < 1.29 is 22.7 Å². The summed E-state index contributed by atoms with van der Waals surface area (Å²) in [7, 11) is -3.83. The SMILES string of the molecule is CCN(C[C@@H]1NC(=O)NC1=O)S(=O)(=O)c1ccc(Oc2ccncc2)cc1. The lowest BCUT2D eigenvalue weighted by Crippen LogP contribution is -2.44. The molecule has 1 fully saturated rings. The monoisotopic (exact) mass is 390 g/mol. The Morgan fingerprint density at radius 1 is 1.07 bits per heavy atom. The fourth-order valence-electron chi connectivity index (χ4n) is 2.56. The summed E-state index contributed by atoms with van der Waals surface area (Å²) in [6, 6.07) is 7.78. The maximum atomic E-state index is 12.8. The van der Waals surface area contributed by atoms with Crippen LogP contribution in [0.4, 0.5) is 4.79 Å². The molecule has 0 radical (unpaired) electrons. The number of nitrogens with zero attached hydrogens (tertiary/aromatic N) is 2. The van der Waals surface area contributed by atoms with E-state index in [1.807, 2.05) is 0 Å². The molecule has 27 heavy (non-hydrogen) atoms. The second kappa shape index (κ2) is 7.72. The summed E-state index contributed by atoms with van der Waals surface area (Å²) >= 11 is 0. The lowest BCUT2D eigenvalue weighted by Gasteiger charge is -2.22. The van der Waals surface area contributed by atoms with Gasteiger partial charge >= 0.3 is 6.03 Å². The lowest BCUT2D eigenvalue weighted by atomic mass is 10.3. The average Bonchev–Trinajstić information content (AvgIpc) is 2.98. The molecule has 9 nitrogen and oxygen atoms in total. The van der Waals surface area contributed by atoms with Crippen molar-refractivity contribution in [1.29, 1.82) is 0 Å². The van der Waals surface area contributed by atoms with Gasteiger partial charge in [-0.15, -0.1) is 0 Å². The third kappa shape index (κ3) is 4.23. The van der Waals surface area contributed by atoms with Crippen molar-refractivity contribution in [1.82, 2.24) is 19.9 Å². The normalized spacial score (nSPS) is 16.9. The van der Waals surface area contributed by atoms with Crippen LogP contribution in [0.15, 0.2) is 53.7 Å². The summed E-state index contributed by atoms with van der Waals surface area (Å²) in [5.74, 6) is 0.513. The second-order valence-corrected chi connectivity index (χ2v) is 7.67. The van der Waals surface area contributed by atoms with Crippen LogP contribution in [0.1, 0.15) is 6.92 Å². The first-order chi connectivity index (χ1) is 12.9. The zero-order valence-corrected chi connectivity index (χ0v) is 15.3. The number of aromatic nitrogens is 1. The van der Waals surface area contributed by atoms with Gasteiger partial charge in [-0.3, -0.25) is 15.1 Å². The van der Waals surface area contributed by atoms with Crippen LogP contribution in [-0.2, 0) is 14.8 Å². The third-order valence-electron chi connectivity index (χ3n) is 3.94. The van der Waals surface area contributed by atoms with E-state index in [1.54, 1.807) is 43.6 Å². The van der Waals surface area contributed by atoms with Gasteiger partial charge in [0, 0.05) is 25.5 Å². The molecule has 1 aliphatic rings. The molecule has 10 heteroatoms. The average molecular weight is 390 g/mol. The summed E-state index contributed by atoms with van der Waals surface area (Å²) in [5, 5.41) is 4.48. The van der Waals surface area contributed by atoms with E-state index < -0.39 is 28.0 Å². The van der Waals surface area contributed by atoms with Crippen molar-refractivity contribution in [3.63, 3.8) is 0 Å². The quantitative estimate of drug-likeness (QED) is 0.684. The van der Waals surface area contributed by atoms with Crippen LogP contribution in [0.25, 0.3) is 0 Å². The van der Waals surface area contributed by atoms with Gasteiger partial charge in [-0.25, -0.2) is 13.2 Å². The van der Waals surface area contributed by atoms with E-state index in [0.29, 0.717) is 11.5 Å². The van der Waals surface area contributed by atoms with Crippen LogP contribution in [0.3, 0.4) is 0 Å². The molecule has 142 valence electrons. The number of nitrogens with one attached hydrogen (secondary N) is 2. The molecule has 1 saturated heterocycles. The zero-order valence-electron chi connectivity index (χ0n) is 14.5. The Morgan fingerprint density at radius 2 is 1.70 bits per heavy atom. The first kappa shape index (κ1) is 18.8. The highest BCUT2D eigenvalue weighted by Gasteiger charge is 2.34. The van der Waals surface area contributed by atoms with Crippen molar-refractivity contribution in [3.05, 3.63) is 48.8 Å². The van der Waals surface area contributed by atoms with Crippen LogP contribution in [0, 0.1) is 0 Å². The lowest BCUT2D eigenvalue weighted by molar-refractivity contribution is -0.120. The Balaban J connectivity index is 1.74. The Kier molecular flexibility index (Phi) is 5.38. The van der Waals surface area contributed by atoms with E-state index >= 15 is 0 Å². The molecule has 0 bridgehead atoms. The molecular formula is C17H18N4O5S. The molecule has 0 unspecified atom stereocenters. The minimum absolute atomic E-state index is 0.0659. The Hall–Kier alpha value is -2.98. The van der Waals surface area contributed by atoms with Gasteiger partial charge in [-0.1, -0.05) is 6.92 Å². The molecule has 0 spiro atoms. The number of amides is 3. The van der Waals surface area contributed by atoms with Crippen LogP contribution in [0.2, 0.25) is 0 Å². The van der Waals surface area contributed by atoms with Crippen LogP contribution in [0.5, 0.6) is 11.5 Å². The highest BCUT2D eigenvalue weighted by atomic mass is 32.2. The maximum absolute atomic E-state index is 12.8. The van der Waals surface area contributed by atoms with Gasteiger partial charge in [0.2, 0.25) is 10.0 Å². The molecule has 3 amide bonds. The molecule has 1 atom stereocenters. The molecule has 3 rings (SSSR count). The highest BCUT2D eigenvalue weighted by Crippen LogP contribution is 2.24. The van der Waals surface area contributed by atoms with E-state index in [2.05, 4.69) is 15.6 Å². The fraction of sp³-hybridized carbons (Fsp3) is 0.235. The van der Waals surface area contributed by atoms with Gasteiger partial charge in [-0.05, 0) is 36.4 Å². The molecule has 0 aliphatic carbocycles. The maximum Gasteiger partial charge on any atom is 0.322 e. The van der Waals surface area contributed by atoms with Gasteiger partial charge in [0.05, 0.1) is 4.90 Å². The van der Waals surface area contributed by atoms with E-state index in [-0.39, 0.29) is 18.0 Å². The van der Waals surface area contributed by atoms with Gasteiger partial charge in [0.15, 0.2) is 0 Å². The number of rotatable bonds is 7. The molecule has 1 aromatic heterocycles. The first-order valence-corrected chi connectivity index (χ1v) is 9.63. The van der Waals surface area contributed by atoms with Crippen LogP contribution >= 0.6 is 0 Å². The zero-order chi connectivity index (χ0) is 19.4. The number of likely N-dealkylation sites (N-methyl/N-ethyl adjacent to an activating group) is 1. The van der Waals surface area contributed by atoms with Gasteiger partial charge < -0.3 is 10.1 Å². The van der Waals surface area contributed by atoms with Crippen molar-refractivity contribution in [2.24, 2.45) is 0 Å². The number of benzene rings is 1. The van der Waals surface area contributed by atoms with Gasteiger partial charge in [0.25, 0.3) is 5.91 Å². The van der Waals surface area contributed by atoms with Crippen LogP contribution in [-0.4, -0.2) is 48.8 Å². The summed E-state index contributed by atoms with van der Waals surface area (Å²) in [6.45, 7) is 1.66. The van der Waals surface area contributed by atoms with Crippen molar-refractivity contribution in [2.75, 3.05) is 13.1 Å². The molecule has 2 aromatic rings. The molecule has 0 saturated carbocycles. The number of imide groups is 1. The summed E-state index contributed by atoms with van der Waals surface area (Å²) in [4.78, 5) is 26.9. The predicted molar refractivity (Wildman–Crippen MR) is 95.6 cm³/mol. The third-order valence-corrected chi connectivity index (χ3v) is 5.90. The van der Waals surface area contributed by atoms with Gasteiger partial charge in [0.1, 0.15) is 17.5 Å². The van der Waals surface area contributed by atoms with Crippen molar-refractivity contribution in [2.45, 2.75) is 17.9 Å². The second-order valence-electron chi connectivity index (χ2n) is 5.73. The molecule has 1 aliphatic heterocycles. The smallest absolute Gasteiger partial charge is 0.322 e. The Labute approximate surface area is 156 Å². The molecule has 1 aromatic carbocycles. The summed E-state index contributed by atoms with van der Waals surface area (Å²) < 4.78 is 32.4. The van der Waals surface area contributed by atoms with Crippen molar-refractivity contribution >= 4 is 22.0 Å². The summed E-state index contributed by atoms with van der Waals surface area (Å²) in [6.07, 6.45) is 3.18. The number of ether oxygens (including phenoxy) is 1. The minimum atomic E-state index is -3.83. The van der Waals surface area contributed by atoms with E-state index in [9.17, 15) is 18.0 Å². The van der Waals surface area contributed by atoms with Crippen molar-refractivity contribution in [3.8, 4) is 11.5 Å². The standard InChI is InChI=1S/C17H18N4O5S/c1-2-21(11-15-16(22)20-17(23)19-15)27(24,25)14-5-3-12(4-6-14)26-13-7-9-18-10-8-13/h3-10,15H,2,11H2,1H3,(H2,19,20,22,23)/t15-/m0/s1. The number of urea groups is 1. The van der Waals surface area contributed by atoms with E-state index in [0.717, 1.165) is 4.31 Å². The number of sulfonamides is 1. The number of carbonyl (C=O) groups excluding carboxylic acids is 2. The number of hydrogen-bond donors (Lipinski definition) is 2. The molecule has 2 N–H and O–H groups in total. The predicted octanol–water partition coefficient (Wildman–Crippen LogP) is 1.09. The largest absolute Gasteiger partial charge is 0.457 e. The number of carbonyl (C=O) groups is 2. The molecular weight excluding hydrogens is 372 g/mol. The Morgan fingerprint density at radius 3 is 2.26 bits per heavy atom. The number of hydrogen-bond acceptors (Lipinski definition) is 6. The number of pyridine rings is 1. The first-order valence-electron chi connectivity index (χ1n) is 8.19. The highest BCUT2D eigenvalue weighted by molar-refractivity contribution is 7.89. The van der Waals surface area contributed by atoms with E-state index in [1.165, 1.54) is 12.1 Å². The summed E-state index contributed by atoms with van der Waals surface area (Å²) in [5.41, 5.74) is 0. The molecule has 2 heterocycles. The van der Waals surface area contributed by atoms with E-state index in [4.69, 9.17) is 4.74 Å². The topological polar surface area (TPSA) is 118 Å². The van der Waals surface area contributed by atoms with Crippen LogP contribution < -0.4 is 15.4 Å².